The predicted molar refractivity (Wildman–Crippen MR) is 55.0 cm³/mol. The average molecular weight is 185 g/mol. The third-order valence-corrected chi connectivity index (χ3v) is 3.11. The van der Waals surface area contributed by atoms with E-state index >= 15 is 0 Å². The first-order chi connectivity index (χ1) is 5.24. The van der Waals surface area contributed by atoms with Gasteiger partial charge in [0, 0.05) is 10.6 Å². The van der Waals surface area contributed by atoms with Gasteiger partial charge in [0.1, 0.15) is 0 Å². The zero-order valence-corrected chi connectivity index (χ0v) is 8.26. The van der Waals surface area contributed by atoms with E-state index in [4.69, 9.17) is 5.73 Å². The number of benzene rings is 1. The molecule has 0 spiro atoms. The lowest BCUT2D eigenvalue weighted by molar-refractivity contribution is 1.37. The third-order valence-electron chi connectivity index (χ3n) is 1.42. The predicted octanol–water partition coefficient (Wildman–Crippen LogP) is 2.95. The number of hydrogen-bond acceptors (Lipinski definition) is 3. The van der Waals surface area contributed by atoms with E-state index in [1.54, 1.807) is 21.6 Å². The van der Waals surface area contributed by atoms with Gasteiger partial charge in [-0.15, -0.1) is 0 Å². The van der Waals surface area contributed by atoms with Gasteiger partial charge in [0.05, 0.1) is 0 Å². The van der Waals surface area contributed by atoms with Crippen LogP contribution in [0.25, 0.3) is 0 Å². The lowest BCUT2D eigenvalue weighted by atomic mass is 10.2. The van der Waals surface area contributed by atoms with Crippen molar-refractivity contribution in [2.75, 3.05) is 12.0 Å². The van der Waals surface area contributed by atoms with Crippen LogP contribution in [0.2, 0.25) is 0 Å². The molecule has 0 bridgehead atoms. The summed E-state index contributed by atoms with van der Waals surface area (Å²) >= 11 is 0. The van der Waals surface area contributed by atoms with Gasteiger partial charge in [-0.2, -0.15) is 0 Å². The van der Waals surface area contributed by atoms with Crippen LogP contribution in [0.5, 0.6) is 0 Å². The van der Waals surface area contributed by atoms with Gasteiger partial charge in [0.25, 0.3) is 0 Å². The molecule has 0 aliphatic rings. The summed E-state index contributed by atoms with van der Waals surface area (Å²) in [5.74, 6) is 0. The topological polar surface area (TPSA) is 26.0 Å². The maximum Gasteiger partial charge on any atom is 0.0344 e. The van der Waals surface area contributed by atoms with Crippen LogP contribution in [0, 0.1) is 6.92 Å². The average Bonchev–Trinajstić information content (AvgIpc) is 1.98. The highest BCUT2D eigenvalue weighted by Gasteiger charge is 1.95. The maximum atomic E-state index is 5.67. The van der Waals surface area contributed by atoms with Crippen LogP contribution in [0.4, 0.5) is 5.69 Å². The molecule has 0 saturated heterocycles. The van der Waals surface area contributed by atoms with Crippen LogP contribution in [-0.2, 0) is 0 Å². The normalized spacial score (nSPS) is 10.0. The Morgan fingerprint density at radius 2 is 2.09 bits per heavy atom. The van der Waals surface area contributed by atoms with E-state index in [9.17, 15) is 0 Å². The van der Waals surface area contributed by atoms with Crippen LogP contribution in [0.3, 0.4) is 0 Å². The molecule has 2 N–H and O–H groups in total. The number of nitrogen functional groups attached to an aromatic ring is 1. The van der Waals surface area contributed by atoms with Crippen molar-refractivity contribution in [2.45, 2.75) is 11.8 Å². The fourth-order valence-electron chi connectivity index (χ4n) is 0.796. The van der Waals surface area contributed by atoms with Gasteiger partial charge in [-0.3, -0.25) is 0 Å². The Kier molecular flexibility index (Phi) is 3.15. The Morgan fingerprint density at radius 3 is 2.64 bits per heavy atom. The molecular weight excluding hydrogens is 174 g/mol. The number of rotatable bonds is 2. The van der Waals surface area contributed by atoms with Gasteiger partial charge >= 0.3 is 0 Å². The zero-order chi connectivity index (χ0) is 8.27. The lowest BCUT2D eigenvalue weighted by Gasteiger charge is -2.01. The van der Waals surface area contributed by atoms with Crippen molar-refractivity contribution in [3.8, 4) is 0 Å². The van der Waals surface area contributed by atoms with E-state index in [-0.39, 0.29) is 0 Å². The van der Waals surface area contributed by atoms with Crippen LogP contribution in [-0.4, -0.2) is 6.26 Å². The molecule has 60 valence electrons. The van der Waals surface area contributed by atoms with Crippen molar-refractivity contribution < 1.29 is 0 Å². The molecule has 0 aliphatic carbocycles. The first-order valence-corrected chi connectivity index (χ1v) is 5.86. The third kappa shape index (κ3) is 2.34. The smallest absolute Gasteiger partial charge is 0.0344 e. The molecule has 0 fully saturated rings. The van der Waals surface area contributed by atoms with E-state index in [1.807, 2.05) is 19.1 Å². The van der Waals surface area contributed by atoms with Gasteiger partial charge in [-0.05, 0) is 36.9 Å². The molecule has 0 heterocycles. The molecule has 0 saturated carbocycles. The molecule has 1 rings (SSSR count). The van der Waals surface area contributed by atoms with Crippen LogP contribution >= 0.6 is 21.6 Å². The minimum atomic E-state index is 0.871. The van der Waals surface area contributed by atoms with Crippen molar-refractivity contribution in [3.05, 3.63) is 23.8 Å². The minimum Gasteiger partial charge on any atom is -0.399 e. The summed E-state index contributed by atoms with van der Waals surface area (Å²) < 4.78 is 0. The number of hydrogen-bond donors (Lipinski definition) is 1. The van der Waals surface area contributed by atoms with Crippen LogP contribution < -0.4 is 5.73 Å². The molecular formula is C8H11NS2. The quantitative estimate of drug-likeness (QED) is 0.566. The fraction of sp³-hybridized carbons (Fsp3) is 0.250. The van der Waals surface area contributed by atoms with E-state index in [0.29, 0.717) is 0 Å². The number of aryl methyl sites for hydroxylation is 1. The lowest BCUT2D eigenvalue weighted by Crippen LogP contribution is -1.87. The monoisotopic (exact) mass is 185 g/mol. The summed E-state index contributed by atoms with van der Waals surface area (Å²) in [7, 11) is 3.50. The maximum absolute atomic E-state index is 5.67. The standard InChI is InChI=1S/C8H11NS2/c1-6-5-7(11-10-2)3-4-8(6)9/h3-5H,9H2,1-2H3. The molecule has 1 aromatic carbocycles. The van der Waals surface area contributed by atoms with Crippen molar-refractivity contribution in [1.29, 1.82) is 0 Å². The molecule has 11 heavy (non-hydrogen) atoms. The Labute approximate surface area is 75.1 Å². The summed E-state index contributed by atoms with van der Waals surface area (Å²) in [5, 5.41) is 0. The van der Waals surface area contributed by atoms with E-state index < -0.39 is 0 Å². The highest BCUT2D eigenvalue weighted by molar-refractivity contribution is 8.76. The summed E-state index contributed by atoms with van der Waals surface area (Å²) in [6.07, 6.45) is 2.07. The van der Waals surface area contributed by atoms with Crippen LogP contribution in [0.15, 0.2) is 23.1 Å². The van der Waals surface area contributed by atoms with Crippen LogP contribution in [0.1, 0.15) is 5.56 Å². The molecule has 0 aliphatic heterocycles. The van der Waals surface area contributed by atoms with Crippen molar-refractivity contribution in [3.63, 3.8) is 0 Å². The van der Waals surface area contributed by atoms with Gasteiger partial charge < -0.3 is 5.73 Å². The fourth-order valence-corrected chi connectivity index (χ4v) is 2.23. The van der Waals surface area contributed by atoms with E-state index in [1.165, 1.54) is 4.90 Å². The Hall–Kier alpha value is -0.280. The minimum absolute atomic E-state index is 0.871. The van der Waals surface area contributed by atoms with Gasteiger partial charge in [0.2, 0.25) is 0 Å². The first kappa shape index (κ1) is 8.81. The molecule has 1 nitrogen and oxygen atoms in total. The second kappa shape index (κ2) is 3.93. The van der Waals surface area contributed by atoms with Gasteiger partial charge in [-0.25, -0.2) is 0 Å². The Balaban J connectivity index is 2.86. The highest BCUT2D eigenvalue weighted by atomic mass is 33.1. The number of nitrogens with two attached hydrogens (primary N) is 1. The van der Waals surface area contributed by atoms with Gasteiger partial charge in [0.15, 0.2) is 0 Å². The number of anilines is 1. The summed E-state index contributed by atoms with van der Waals surface area (Å²) in [6, 6.07) is 6.11. The Bertz CT molecular complexity index is 248. The highest BCUT2D eigenvalue weighted by Crippen LogP contribution is 2.30. The van der Waals surface area contributed by atoms with E-state index in [2.05, 4.69) is 12.3 Å². The van der Waals surface area contributed by atoms with Crippen molar-refractivity contribution in [2.24, 2.45) is 0 Å². The first-order valence-electron chi connectivity index (χ1n) is 3.31. The largest absolute Gasteiger partial charge is 0.399 e. The van der Waals surface area contributed by atoms with Crippen molar-refractivity contribution >= 4 is 27.3 Å². The zero-order valence-electron chi connectivity index (χ0n) is 6.63. The summed E-state index contributed by atoms with van der Waals surface area (Å²) in [4.78, 5) is 1.27. The molecule has 0 radical (unpaired) electrons. The summed E-state index contributed by atoms with van der Waals surface area (Å²) in [5.41, 5.74) is 7.70. The molecule has 0 aromatic heterocycles. The SMILES string of the molecule is CSSc1ccc(N)c(C)c1. The summed E-state index contributed by atoms with van der Waals surface area (Å²) in [6.45, 7) is 2.03. The van der Waals surface area contributed by atoms with Crippen molar-refractivity contribution in [1.82, 2.24) is 0 Å². The molecule has 0 unspecified atom stereocenters. The molecule has 0 amide bonds. The molecule has 0 atom stereocenters. The van der Waals surface area contributed by atoms with E-state index in [0.717, 1.165) is 11.3 Å². The Morgan fingerprint density at radius 1 is 1.36 bits per heavy atom. The molecule has 1 aromatic rings. The second-order valence-electron chi connectivity index (χ2n) is 2.27. The molecule has 3 heteroatoms. The second-order valence-corrected chi connectivity index (χ2v) is 4.74. The van der Waals surface area contributed by atoms with Gasteiger partial charge in [-0.1, -0.05) is 21.6 Å².